The molecule has 0 radical (unpaired) electrons. The van der Waals surface area contributed by atoms with E-state index in [-0.39, 0.29) is 26.4 Å². The van der Waals surface area contributed by atoms with Crippen molar-refractivity contribution in [3.63, 3.8) is 0 Å². The number of halogens is 3. The first-order valence-corrected chi connectivity index (χ1v) is 8.08. The molecule has 0 atom stereocenters. The summed E-state index contributed by atoms with van der Waals surface area (Å²) < 4.78 is 5.04. The van der Waals surface area contributed by atoms with Gasteiger partial charge in [-0.25, -0.2) is 0 Å². The van der Waals surface area contributed by atoms with Gasteiger partial charge in [-0.05, 0) is 43.2 Å². The number of ether oxygens (including phenoxy) is 1. The molecule has 0 unspecified atom stereocenters. The third kappa shape index (κ3) is 4.20. The van der Waals surface area contributed by atoms with Crippen LogP contribution in [0.4, 0.5) is 5.69 Å². The Morgan fingerprint density at radius 3 is 2.08 bits per heavy atom. The van der Waals surface area contributed by atoms with Gasteiger partial charge in [0, 0.05) is 12.6 Å². The molecule has 2 aromatic carbocycles. The van der Waals surface area contributed by atoms with Crippen LogP contribution in [0.25, 0.3) is 0 Å². The highest BCUT2D eigenvalue weighted by Gasteiger charge is 2.24. The van der Waals surface area contributed by atoms with Crippen LogP contribution in [0.1, 0.15) is 28.4 Å². The second-order valence-electron chi connectivity index (χ2n) is 5.28. The van der Waals surface area contributed by atoms with Crippen LogP contribution in [-0.2, 0) is 4.79 Å². The monoisotopic (exact) mass is 385 g/mol. The average molecular weight is 387 g/mol. The van der Waals surface area contributed by atoms with E-state index in [1.165, 1.54) is 13.0 Å². The van der Waals surface area contributed by atoms with Crippen LogP contribution in [0.2, 0.25) is 15.1 Å². The lowest BCUT2D eigenvalue weighted by Gasteiger charge is -2.14. The molecule has 0 saturated carbocycles. The summed E-state index contributed by atoms with van der Waals surface area (Å²) >= 11 is 18.2. The van der Waals surface area contributed by atoms with Gasteiger partial charge in [-0.3, -0.25) is 9.59 Å². The summed E-state index contributed by atoms with van der Waals surface area (Å²) in [4.78, 5) is 24.0. The van der Waals surface area contributed by atoms with Gasteiger partial charge >= 0.3 is 5.97 Å². The number of esters is 1. The summed E-state index contributed by atoms with van der Waals surface area (Å²) in [5, 5.41) is 2.78. The molecule has 0 bridgehead atoms. The lowest BCUT2D eigenvalue weighted by Crippen LogP contribution is -2.16. The van der Waals surface area contributed by atoms with E-state index in [1.54, 1.807) is 12.1 Å². The lowest BCUT2D eigenvalue weighted by molar-refractivity contribution is -0.131. The molecule has 4 nitrogen and oxygen atoms in total. The minimum Gasteiger partial charge on any atom is -0.424 e. The molecular formula is C17H14Cl3NO3. The number of hydrogen-bond donors (Lipinski definition) is 1. The predicted molar refractivity (Wildman–Crippen MR) is 96.7 cm³/mol. The van der Waals surface area contributed by atoms with Gasteiger partial charge in [0.15, 0.2) is 5.75 Å². The Kier molecular flexibility index (Phi) is 5.75. The Labute approximate surface area is 154 Å². The van der Waals surface area contributed by atoms with Crippen molar-refractivity contribution in [1.82, 2.24) is 0 Å². The molecule has 2 aromatic rings. The van der Waals surface area contributed by atoms with Crippen LogP contribution in [0.3, 0.4) is 0 Å². The molecule has 1 N–H and O–H groups in total. The minimum atomic E-state index is -0.629. The van der Waals surface area contributed by atoms with Crippen LogP contribution < -0.4 is 10.1 Å². The first-order valence-electron chi connectivity index (χ1n) is 6.94. The number of carbonyl (C=O) groups excluding carboxylic acids is 2. The van der Waals surface area contributed by atoms with E-state index in [9.17, 15) is 9.59 Å². The van der Waals surface area contributed by atoms with E-state index >= 15 is 0 Å². The zero-order valence-corrected chi connectivity index (χ0v) is 15.4. The van der Waals surface area contributed by atoms with Crippen molar-refractivity contribution < 1.29 is 14.3 Å². The molecule has 2 rings (SSSR count). The highest BCUT2D eigenvalue weighted by molar-refractivity contribution is 6.46. The molecule has 0 heterocycles. The molecule has 1 amide bonds. The SMILES string of the molecule is CC(=O)Oc1c(Cl)cc(Cl)c(Cl)c1C(=O)Nc1cc(C)cc(C)c1. The average Bonchev–Trinajstić information content (AvgIpc) is 2.43. The number of carbonyl (C=O) groups is 2. The number of amides is 1. The zero-order valence-electron chi connectivity index (χ0n) is 13.2. The fraction of sp³-hybridized carbons (Fsp3) is 0.176. The first kappa shape index (κ1) is 18.6. The molecule has 0 spiro atoms. The van der Waals surface area contributed by atoms with Crippen LogP contribution >= 0.6 is 34.8 Å². The maximum absolute atomic E-state index is 12.7. The highest BCUT2D eigenvalue weighted by atomic mass is 35.5. The van der Waals surface area contributed by atoms with E-state index in [1.807, 2.05) is 19.9 Å². The summed E-state index contributed by atoms with van der Waals surface area (Å²) in [6.45, 7) is 5.02. The molecule has 24 heavy (non-hydrogen) atoms. The minimum absolute atomic E-state index is 0.0187. The summed E-state index contributed by atoms with van der Waals surface area (Å²) in [6.07, 6.45) is 0. The van der Waals surface area contributed by atoms with E-state index in [0.29, 0.717) is 5.69 Å². The van der Waals surface area contributed by atoms with Crippen molar-refractivity contribution >= 4 is 52.4 Å². The van der Waals surface area contributed by atoms with Gasteiger partial charge in [0.1, 0.15) is 5.56 Å². The van der Waals surface area contributed by atoms with E-state index in [4.69, 9.17) is 39.5 Å². The molecule has 0 aliphatic heterocycles. The van der Waals surface area contributed by atoms with Gasteiger partial charge in [0.2, 0.25) is 0 Å². The smallest absolute Gasteiger partial charge is 0.308 e. The topological polar surface area (TPSA) is 55.4 Å². The van der Waals surface area contributed by atoms with Crippen LogP contribution in [0.15, 0.2) is 24.3 Å². The fourth-order valence-electron chi connectivity index (χ4n) is 2.27. The summed E-state index contributed by atoms with van der Waals surface area (Å²) in [5.41, 5.74) is 2.46. The van der Waals surface area contributed by atoms with Crippen molar-refractivity contribution in [2.45, 2.75) is 20.8 Å². The third-order valence-corrected chi connectivity index (χ3v) is 4.15. The normalized spacial score (nSPS) is 10.4. The van der Waals surface area contributed by atoms with E-state index in [2.05, 4.69) is 5.32 Å². The van der Waals surface area contributed by atoms with Crippen molar-refractivity contribution in [2.24, 2.45) is 0 Å². The summed E-state index contributed by atoms with van der Waals surface area (Å²) in [7, 11) is 0. The Bertz CT molecular complexity index is 814. The summed E-state index contributed by atoms with van der Waals surface area (Å²) in [5.74, 6) is -1.33. The maximum atomic E-state index is 12.7. The van der Waals surface area contributed by atoms with E-state index < -0.39 is 11.9 Å². The Hall–Kier alpha value is -1.75. The molecule has 0 saturated heterocycles. The van der Waals surface area contributed by atoms with Gasteiger partial charge in [-0.15, -0.1) is 0 Å². The second kappa shape index (κ2) is 7.43. The highest BCUT2D eigenvalue weighted by Crippen LogP contribution is 2.39. The molecule has 0 aliphatic carbocycles. The van der Waals surface area contributed by atoms with Gasteiger partial charge in [-0.2, -0.15) is 0 Å². The number of nitrogens with one attached hydrogen (secondary N) is 1. The predicted octanol–water partition coefficient (Wildman–Crippen LogP) is 5.44. The third-order valence-electron chi connectivity index (χ3n) is 3.08. The zero-order chi connectivity index (χ0) is 18.0. The standard InChI is InChI=1S/C17H14Cl3NO3/c1-8-4-9(2)6-11(5-8)21-17(23)14-15(20)12(18)7-13(19)16(14)24-10(3)22/h4-7H,1-3H3,(H,21,23). The number of anilines is 1. The van der Waals surface area contributed by atoms with Crippen LogP contribution in [0, 0.1) is 13.8 Å². The Morgan fingerprint density at radius 2 is 1.54 bits per heavy atom. The van der Waals surface area contributed by atoms with Crippen molar-refractivity contribution in [1.29, 1.82) is 0 Å². The van der Waals surface area contributed by atoms with Crippen LogP contribution in [-0.4, -0.2) is 11.9 Å². The van der Waals surface area contributed by atoms with Crippen molar-refractivity contribution in [3.05, 3.63) is 56.0 Å². The number of hydrogen-bond acceptors (Lipinski definition) is 3. The second-order valence-corrected chi connectivity index (χ2v) is 6.47. The van der Waals surface area contributed by atoms with E-state index in [0.717, 1.165) is 11.1 Å². The molecular weight excluding hydrogens is 373 g/mol. The quantitative estimate of drug-likeness (QED) is 0.434. The number of aryl methyl sites for hydroxylation is 2. The van der Waals surface area contributed by atoms with Crippen LogP contribution in [0.5, 0.6) is 5.75 Å². The largest absolute Gasteiger partial charge is 0.424 e. The maximum Gasteiger partial charge on any atom is 0.308 e. The number of benzene rings is 2. The lowest BCUT2D eigenvalue weighted by atomic mass is 10.1. The molecule has 0 fully saturated rings. The van der Waals surface area contributed by atoms with Crippen molar-refractivity contribution in [2.75, 3.05) is 5.32 Å². The van der Waals surface area contributed by atoms with Gasteiger partial charge < -0.3 is 10.1 Å². The Balaban J connectivity index is 2.49. The molecule has 7 heteroatoms. The van der Waals surface area contributed by atoms with Crippen molar-refractivity contribution in [3.8, 4) is 5.75 Å². The molecule has 0 aliphatic rings. The van der Waals surface area contributed by atoms with Gasteiger partial charge in [0.05, 0.1) is 15.1 Å². The van der Waals surface area contributed by atoms with Gasteiger partial charge in [-0.1, -0.05) is 40.9 Å². The number of rotatable bonds is 3. The fourth-order valence-corrected chi connectivity index (χ4v) is 2.99. The first-order chi connectivity index (χ1) is 11.2. The Morgan fingerprint density at radius 1 is 0.958 bits per heavy atom. The molecule has 126 valence electrons. The summed E-state index contributed by atoms with van der Waals surface area (Å²) in [6, 6.07) is 6.90. The molecule has 0 aromatic heterocycles. The van der Waals surface area contributed by atoms with Gasteiger partial charge in [0.25, 0.3) is 5.91 Å².